The summed E-state index contributed by atoms with van der Waals surface area (Å²) in [6, 6.07) is 7.29. The molecule has 0 atom stereocenters. The molecule has 6 nitrogen and oxygen atoms in total. The first-order chi connectivity index (χ1) is 11.1. The Morgan fingerprint density at radius 1 is 1.26 bits per heavy atom. The molecule has 7 heteroatoms. The van der Waals surface area contributed by atoms with Gasteiger partial charge in [-0.3, -0.25) is 14.9 Å². The van der Waals surface area contributed by atoms with E-state index in [1.165, 1.54) is 0 Å². The van der Waals surface area contributed by atoms with Gasteiger partial charge in [-0.2, -0.15) is 0 Å². The predicted octanol–water partition coefficient (Wildman–Crippen LogP) is 1.75. The van der Waals surface area contributed by atoms with Gasteiger partial charge in [0, 0.05) is 6.42 Å². The number of hydrogen-bond donors (Lipinski definition) is 2. The van der Waals surface area contributed by atoms with Crippen LogP contribution in [0.5, 0.6) is 5.75 Å². The van der Waals surface area contributed by atoms with Gasteiger partial charge in [0.25, 0.3) is 5.91 Å². The number of thiocarbonyl (C=S) groups is 1. The van der Waals surface area contributed by atoms with E-state index in [9.17, 15) is 9.59 Å². The Hall–Kier alpha value is -2.41. The van der Waals surface area contributed by atoms with Crippen LogP contribution in [-0.2, 0) is 14.3 Å². The normalized spacial score (nSPS) is 15.3. The highest BCUT2D eigenvalue weighted by atomic mass is 32.1. The van der Waals surface area contributed by atoms with Gasteiger partial charge >= 0.3 is 5.97 Å². The second-order valence-electron chi connectivity index (χ2n) is 4.79. The largest absolute Gasteiger partial charge is 0.494 e. The van der Waals surface area contributed by atoms with Crippen molar-refractivity contribution in [2.24, 2.45) is 0 Å². The first-order valence-electron chi connectivity index (χ1n) is 7.31. The van der Waals surface area contributed by atoms with E-state index in [0.29, 0.717) is 42.6 Å². The smallest absolute Gasteiger partial charge is 0.305 e. The zero-order valence-electron chi connectivity index (χ0n) is 12.8. The summed E-state index contributed by atoms with van der Waals surface area (Å²) >= 11 is 4.87. The summed E-state index contributed by atoms with van der Waals surface area (Å²) in [6.07, 6.45) is 2.66. The lowest BCUT2D eigenvalue weighted by atomic mass is 10.2. The van der Waals surface area contributed by atoms with Crippen molar-refractivity contribution < 1.29 is 19.1 Å². The molecular formula is C16H18N2O4S. The molecule has 0 bridgehead atoms. The van der Waals surface area contributed by atoms with Crippen LogP contribution in [0.3, 0.4) is 0 Å². The average molecular weight is 334 g/mol. The van der Waals surface area contributed by atoms with E-state index in [-0.39, 0.29) is 11.9 Å². The average Bonchev–Trinajstić information content (AvgIpc) is 2.83. The summed E-state index contributed by atoms with van der Waals surface area (Å²) in [5, 5.41) is 5.60. The van der Waals surface area contributed by atoms with Crippen molar-refractivity contribution in [3.63, 3.8) is 0 Å². The number of benzene rings is 1. The standard InChI is InChI=1S/C16H18N2O4S/c1-2-21-14(19)4-3-9-22-12-7-5-11(6-8-12)10-13-15(20)18-16(23)17-13/h5-8,10H,2-4,9H2,1H3,(H2,17,18,20,23). The fourth-order valence-corrected chi connectivity index (χ4v) is 2.15. The molecule has 1 aromatic carbocycles. The highest BCUT2D eigenvalue weighted by Gasteiger charge is 2.19. The summed E-state index contributed by atoms with van der Waals surface area (Å²) in [5.74, 6) is 0.253. The van der Waals surface area contributed by atoms with E-state index >= 15 is 0 Å². The fraction of sp³-hybridized carbons (Fsp3) is 0.312. The quantitative estimate of drug-likeness (QED) is 0.342. The number of hydrogen-bond acceptors (Lipinski definition) is 5. The topological polar surface area (TPSA) is 76.7 Å². The van der Waals surface area contributed by atoms with E-state index < -0.39 is 0 Å². The van der Waals surface area contributed by atoms with Crippen LogP contribution < -0.4 is 15.4 Å². The van der Waals surface area contributed by atoms with Crippen molar-refractivity contribution in [2.45, 2.75) is 19.8 Å². The lowest BCUT2D eigenvalue weighted by Gasteiger charge is -2.06. The fourth-order valence-electron chi connectivity index (χ4n) is 1.95. The Balaban J connectivity index is 1.81. The van der Waals surface area contributed by atoms with Gasteiger partial charge in [-0.25, -0.2) is 0 Å². The van der Waals surface area contributed by atoms with Crippen LogP contribution in [0.25, 0.3) is 6.08 Å². The van der Waals surface area contributed by atoms with Gasteiger partial charge < -0.3 is 14.8 Å². The summed E-state index contributed by atoms with van der Waals surface area (Å²) < 4.78 is 10.4. The second kappa shape index (κ2) is 8.28. The molecule has 1 aliphatic heterocycles. The minimum atomic E-state index is -0.241. The lowest BCUT2D eigenvalue weighted by Crippen LogP contribution is -2.21. The molecule has 0 radical (unpaired) electrons. The van der Waals surface area contributed by atoms with Gasteiger partial charge in [0.15, 0.2) is 5.11 Å². The van der Waals surface area contributed by atoms with Gasteiger partial charge in [-0.15, -0.1) is 0 Å². The number of esters is 1. The molecule has 0 aliphatic carbocycles. The number of carbonyl (C=O) groups is 2. The maximum absolute atomic E-state index is 11.5. The minimum absolute atomic E-state index is 0.210. The molecule has 0 spiro atoms. The van der Waals surface area contributed by atoms with Crippen LogP contribution in [-0.4, -0.2) is 30.2 Å². The maximum Gasteiger partial charge on any atom is 0.305 e. The summed E-state index contributed by atoms with van der Waals surface area (Å²) in [4.78, 5) is 22.7. The summed E-state index contributed by atoms with van der Waals surface area (Å²) in [5.41, 5.74) is 1.27. The first-order valence-corrected chi connectivity index (χ1v) is 7.72. The van der Waals surface area contributed by atoms with E-state index in [1.807, 2.05) is 24.3 Å². The molecule has 2 N–H and O–H groups in total. The van der Waals surface area contributed by atoms with Crippen LogP contribution in [0.2, 0.25) is 0 Å². The van der Waals surface area contributed by atoms with Crippen molar-refractivity contribution >= 4 is 35.3 Å². The lowest BCUT2D eigenvalue weighted by molar-refractivity contribution is -0.143. The van der Waals surface area contributed by atoms with Crippen molar-refractivity contribution in [3.05, 3.63) is 35.5 Å². The molecule has 0 unspecified atom stereocenters. The van der Waals surface area contributed by atoms with Crippen molar-refractivity contribution in [2.75, 3.05) is 13.2 Å². The Labute approximate surface area is 139 Å². The highest BCUT2D eigenvalue weighted by molar-refractivity contribution is 7.80. The molecule has 1 fully saturated rings. The van der Waals surface area contributed by atoms with Gasteiger partial charge in [-0.05, 0) is 49.3 Å². The molecule has 0 aromatic heterocycles. The van der Waals surface area contributed by atoms with Crippen LogP contribution >= 0.6 is 12.2 Å². The monoisotopic (exact) mass is 334 g/mol. The SMILES string of the molecule is CCOC(=O)CCCOc1ccc(C=C2NC(=S)NC2=O)cc1. The Kier molecular flexibility index (Phi) is 6.10. The Morgan fingerprint density at radius 2 is 2.00 bits per heavy atom. The number of ether oxygens (including phenoxy) is 2. The third-order valence-electron chi connectivity index (χ3n) is 3.01. The number of amides is 1. The third-order valence-corrected chi connectivity index (χ3v) is 3.21. The number of rotatable bonds is 7. The molecule has 1 amide bonds. The van der Waals surface area contributed by atoms with E-state index in [0.717, 1.165) is 5.56 Å². The van der Waals surface area contributed by atoms with Gasteiger partial charge in [0.2, 0.25) is 0 Å². The Morgan fingerprint density at radius 3 is 2.61 bits per heavy atom. The molecule has 1 aliphatic rings. The molecule has 1 saturated heterocycles. The van der Waals surface area contributed by atoms with Crippen molar-refractivity contribution in [1.82, 2.24) is 10.6 Å². The molecule has 23 heavy (non-hydrogen) atoms. The molecule has 1 heterocycles. The van der Waals surface area contributed by atoms with Crippen LogP contribution in [0.4, 0.5) is 0 Å². The van der Waals surface area contributed by atoms with Crippen LogP contribution in [0, 0.1) is 0 Å². The molecule has 1 aromatic rings. The van der Waals surface area contributed by atoms with Gasteiger partial charge in [-0.1, -0.05) is 12.1 Å². The predicted molar refractivity (Wildman–Crippen MR) is 89.7 cm³/mol. The zero-order chi connectivity index (χ0) is 16.7. The summed E-state index contributed by atoms with van der Waals surface area (Å²) in [7, 11) is 0. The van der Waals surface area contributed by atoms with Crippen LogP contribution in [0.1, 0.15) is 25.3 Å². The molecular weight excluding hydrogens is 316 g/mol. The van der Waals surface area contributed by atoms with Crippen LogP contribution in [0.15, 0.2) is 30.0 Å². The van der Waals surface area contributed by atoms with Crippen molar-refractivity contribution in [3.8, 4) is 5.75 Å². The molecule has 0 saturated carbocycles. The van der Waals surface area contributed by atoms with Gasteiger partial charge in [0.05, 0.1) is 13.2 Å². The van der Waals surface area contributed by atoms with E-state index in [4.69, 9.17) is 21.7 Å². The number of nitrogens with one attached hydrogen (secondary N) is 2. The Bertz CT molecular complexity index is 625. The first kappa shape index (κ1) is 17.0. The minimum Gasteiger partial charge on any atom is -0.494 e. The van der Waals surface area contributed by atoms with E-state index in [2.05, 4.69) is 10.6 Å². The highest BCUT2D eigenvalue weighted by Crippen LogP contribution is 2.15. The number of carbonyl (C=O) groups excluding carboxylic acids is 2. The molecule has 2 rings (SSSR count). The summed E-state index contributed by atoms with van der Waals surface area (Å²) in [6.45, 7) is 2.62. The zero-order valence-corrected chi connectivity index (χ0v) is 13.6. The van der Waals surface area contributed by atoms with Gasteiger partial charge in [0.1, 0.15) is 11.4 Å². The maximum atomic E-state index is 11.5. The third kappa shape index (κ3) is 5.37. The van der Waals surface area contributed by atoms with Crippen molar-refractivity contribution in [1.29, 1.82) is 0 Å². The van der Waals surface area contributed by atoms with E-state index in [1.54, 1.807) is 13.0 Å². The molecule has 122 valence electrons. The second-order valence-corrected chi connectivity index (χ2v) is 5.20.